The molecule has 1 aliphatic rings. The first-order valence-corrected chi connectivity index (χ1v) is 8.13. The first-order valence-electron chi connectivity index (χ1n) is 8.13. The summed E-state index contributed by atoms with van der Waals surface area (Å²) < 4.78 is 4.89. The van der Waals surface area contributed by atoms with Gasteiger partial charge in [0.2, 0.25) is 11.8 Å². The van der Waals surface area contributed by atoms with Crippen LogP contribution in [0, 0.1) is 12.8 Å². The van der Waals surface area contributed by atoms with E-state index in [1.165, 1.54) is 14.0 Å². The molecule has 1 heterocycles. The highest BCUT2D eigenvalue weighted by molar-refractivity contribution is 5.92. The van der Waals surface area contributed by atoms with Gasteiger partial charge in [-0.3, -0.25) is 9.59 Å². The summed E-state index contributed by atoms with van der Waals surface area (Å²) in [5, 5.41) is 11.8. The van der Waals surface area contributed by atoms with Gasteiger partial charge in [-0.2, -0.15) is 0 Å². The van der Waals surface area contributed by atoms with Gasteiger partial charge in [-0.05, 0) is 19.4 Å². The average molecular weight is 348 g/mol. The molecule has 0 bridgehead atoms. The van der Waals surface area contributed by atoms with Crippen LogP contribution in [0.4, 0.5) is 0 Å². The van der Waals surface area contributed by atoms with Crippen LogP contribution < -0.4 is 5.32 Å². The number of methoxy groups -OCH3 is 1. The van der Waals surface area contributed by atoms with Crippen molar-refractivity contribution >= 4 is 17.8 Å². The molecule has 2 unspecified atom stereocenters. The van der Waals surface area contributed by atoms with Gasteiger partial charge in [-0.1, -0.05) is 29.8 Å². The molecular formula is C18H24N2O5. The lowest BCUT2D eigenvalue weighted by atomic mass is 10.0. The summed E-state index contributed by atoms with van der Waals surface area (Å²) in [6.07, 6.45) is 0.0837. The number of carbonyl (C=O) groups is 3. The summed E-state index contributed by atoms with van der Waals surface area (Å²) in [5.74, 6) is -2.29. The van der Waals surface area contributed by atoms with Gasteiger partial charge in [0.25, 0.3) is 0 Å². The Morgan fingerprint density at radius 3 is 2.56 bits per heavy atom. The van der Waals surface area contributed by atoms with E-state index in [1.54, 1.807) is 4.90 Å². The van der Waals surface area contributed by atoms with Crippen molar-refractivity contribution in [3.05, 3.63) is 35.4 Å². The number of benzene rings is 1. The molecule has 1 fully saturated rings. The van der Waals surface area contributed by atoms with Gasteiger partial charge in [0.05, 0.1) is 12.5 Å². The number of amides is 2. The first kappa shape index (κ1) is 18.9. The fourth-order valence-electron chi connectivity index (χ4n) is 2.83. The summed E-state index contributed by atoms with van der Waals surface area (Å²) in [6, 6.07) is 7.86. The second-order valence-electron chi connectivity index (χ2n) is 6.72. The fraction of sp³-hybridized carbons (Fsp3) is 0.500. The van der Waals surface area contributed by atoms with Crippen molar-refractivity contribution in [2.24, 2.45) is 5.92 Å². The molecule has 2 rings (SSSR count). The highest BCUT2D eigenvalue weighted by atomic mass is 16.5. The molecule has 136 valence electrons. The average Bonchev–Trinajstić information content (AvgIpc) is 2.91. The number of likely N-dealkylation sites (tertiary alicyclic amines) is 1. The number of nitrogens with zero attached hydrogens (tertiary/aromatic N) is 1. The molecule has 7 heteroatoms. The van der Waals surface area contributed by atoms with E-state index < -0.39 is 23.3 Å². The molecule has 2 N–H and O–H groups in total. The molecule has 0 aliphatic carbocycles. The zero-order chi connectivity index (χ0) is 18.6. The minimum absolute atomic E-state index is 0.0837. The normalized spacial score (nSPS) is 19.6. The van der Waals surface area contributed by atoms with Crippen LogP contribution in [0.3, 0.4) is 0 Å². The molecule has 0 radical (unpaired) electrons. The summed E-state index contributed by atoms with van der Waals surface area (Å²) >= 11 is 0. The zero-order valence-corrected chi connectivity index (χ0v) is 14.7. The molecule has 2 atom stereocenters. The number of nitrogens with one attached hydrogen (secondary N) is 1. The minimum atomic E-state index is -1.51. The molecule has 1 aliphatic heterocycles. The molecule has 25 heavy (non-hydrogen) atoms. The molecule has 0 saturated carbocycles. The maximum Gasteiger partial charge on any atom is 0.331 e. The number of carbonyl (C=O) groups excluding carboxylic acids is 2. The Balaban J connectivity index is 2.00. The summed E-state index contributed by atoms with van der Waals surface area (Å²) in [4.78, 5) is 37.6. The molecule has 1 aromatic carbocycles. The number of rotatable bonds is 7. The number of carboxylic acid groups (broad SMARTS) is 1. The number of hydrogen-bond acceptors (Lipinski definition) is 4. The zero-order valence-electron chi connectivity index (χ0n) is 14.7. The van der Waals surface area contributed by atoms with Crippen LogP contribution in [-0.4, -0.2) is 53.6 Å². The second kappa shape index (κ2) is 7.65. The van der Waals surface area contributed by atoms with Crippen LogP contribution in [0.1, 0.15) is 24.5 Å². The predicted octanol–water partition coefficient (Wildman–Crippen LogP) is 0.949. The van der Waals surface area contributed by atoms with Crippen LogP contribution in [0.5, 0.6) is 0 Å². The van der Waals surface area contributed by atoms with Gasteiger partial charge < -0.3 is 20.1 Å². The second-order valence-corrected chi connectivity index (χ2v) is 6.72. The number of aryl methyl sites for hydroxylation is 1. The van der Waals surface area contributed by atoms with Crippen molar-refractivity contribution < 1.29 is 24.2 Å². The van der Waals surface area contributed by atoms with Gasteiger partial charge >= 0.3 is 5.97 Å². The maximum atomic E-state index is 12.4. The van der Waals surface area contributed by atoms with E-state index in [1.807, 2.05) is 31.2 Å². The fourth-order valence-corrected chi connectivity index (χ4v) is 2.83. The van der Waals surface area contributed by atoms with Crippen molar-refractivity contribution in [1.29, 1.82) is 0 Å². The summed E-state index contributed by atoms with van der Waals surface area (Å²) in [5.41, 5.74) is 0.619. The van der Waals surface area contributed by atoms with Crippen LogP contribution in [-0.2, 0) is 25.7 Å². The Morgan fingerprint density at radius 1 is 1.36 bits per heavy atom. The minimum Gasteiger partial charge on any atom is -0.479 e. The van der Waals surface area contributed by atoms with Crippen molar-refractivity contribution in [1.82, 2.24) is 10.2 Å². The molecule has 1 saturated heterocycles. The SMILES string of the molecule is COCC(C)(NC(=O)C1CC(=O)N(Cc2ccc(C)cc2)C1)C(=O)O. The predicted molar refractivity (Wildman–Crippen MR) is 90.8 cm³/mol. The van der Waals surface area contributed by atoms with Gasteiger partial charge in [0.15, 0.2) is 5.54 Å². The van der Waals surface area contributed by atoms with E-state index in [0.717, 1.165) is 11.1 Å². The van der Waals surface area contributed by atoms with Crippen LogP contribution in [0.15, 0.2) is 24.3 Å². The molecule has 0 spiro atoms. The highest BCUT2D eigenvalue weighted by Gasteiger charge is 2.40. The standard InChI is InChI=1S/C18H24N2O5/c1-12-4-6-13(7-5-12)9-20-10-14(8-15(20)21)16(22)19-18(2,11-25-3)17(23)24/h4-7,14H,8-11H2,1-3H3,(H,19,22)(H,23,24). The third-order valence-electron chi connectivity index (χ3n) is 4.38. The molecule has 1 aromatic rings. The lowest BCUT2D eigenvalue weighted by Crippen LogP contribution is -2.56. The molecule has 7 nitrogen and oxygen atoms in total. The van der Waals surface area contributed by atoms with Gasteiger partial charge in [0.1, 0.15) is 0 Å². The largest absolute Gasteiger partial charge is 0.479 e. The lowest BCUT2D eigenvalue weighted by molar-refractivity contribution is -0.149. The third kappa shape index (κ3) is 4.57. The summed E-state index contributed by atoms with van der Waals surface area (Å²) in [7, 11) is 1.37. The van der Waals surface area contributed by atoms with E-state index in [0.29, 0.717) is 6.54 Å². The Hall–Kier alpha value is -2.41. The molecular weight excluding hydrogens is 324 g/mol. The topological polar surface area (TPSA) is 95.9 Å². The van der Waals surface area contributed by atoms with Gasteiger partial charge in [0, 0.05) is 26.6 Å². The Bertz CT molecular complexity index is 658. The van der Waals surface area contributed by atoms with E-state index in [-0.39, 0.29) is 25.5 Å². The van der Waals surface area contributed by atoms with E-state index >= 15 is 0 Å². The number of hydrogen-bond donors (Lipinski definition) is 2. The Labute approximate surface area is 147 Å². The Morgan fingerprint density at radius 2 is 2.00 bits per heavy atom. The van der Waals surface area contributed by atoms with Crippen molar-refractivity contribution in [3.63, 3.8) is 0 Å². The van der Waals surface area contributed by atoms with Gasteiger partial charge in [-0.25, -0.2) is 4.79 Å². The van der Waals surface area contributed by atoms with Crippen LogP contribution in [0.2, 0.25) is 0 Å². The first-order chi connectivity index (χ1) is 11.7. The number of aliphatic carboxylic acids is 1. The van der Waals surface area contributed by atoms with Crippen molar-refractivity contribution in [2.45, 2.75) is 32.4 Å². The highest BCUT2D eigenvalue weighted by Crippen LogP contribution is 2.21. The van der Waals surface area contributed by atoms with Crippen molar-refractivity contribution in [3.8, 4) is 0 Å². The van der Waals surface area contributed by atoms with Gasteiger partial charge in [-0.15, -0.1) is 0 Å². The Kier molecular flexibility index (Phi) is 5.79. The molecule has 2 amide bonds. The lowest BCUT2D eigenvalue weighted by Gasteiger charge is -2.26. The van der Waals surface area contributed by atoms with Crippen molar-refractivity contribution in [2.75, 3.05) is 20.3 Å². The van der Waals surface area contributed by atoms with E-state index in [4.69, 9.17) is 4.74 Å². The monoisotopic (exact) mass is 348 g/mol. The molecule has 0 aromatic heterocycles. The maximum absolute atomic E-state index is 12.4. The number of ether oxygens (including phenoxy) is 1. The van der Waals surface area contributed by atoms with E-state index in [9.17, 15) is 19.5 Å². The summed E-state index contributed by atoms with van der Waals surface area (Å²) in [6.45, 7) is 3.95. The smallest absolute Gasteiger partial charge is 0.331 e. The third-order valence-corrected chi connectivity index (χ3v) is 4.38. The number of carboxylic acids is 1. The quantitative estimate of drug-likeness (QED) is 0.765. The van der Waals surface area contributed by atoms with Crippen LogP contribution >= 0.6 is 0 Å². The van der Waals surface area contributed by atoms with Crippen LogP contribution in [0.25, 0.3) is 0 Å². The van der Waals surface area contributed by atoms with E-state index in [2.05, 4.69) is 5.32 Å².